The lowest BCUT2D eigenvalue weighted by molar-refractivity contribution is -0.120. The normalized spacial score (nSPS) is 20.9. The molecule has 1 N–H and O–H groups in total. The van der Waals surface area contributed by atoms with E-state index in [1.54, 1.807) is 0 Å². The molecule has 23 heavy (non-hydrogen) atoms. The summed E-state index contributed by atoms with van der Waals surface area (Å²) in [7, 11) is -2.96. The van der Waals surface area contributed by atoms with Gasteiger partial charge in [-0.2, -0.15) is 0 Å². The van der Waals surface area contributed by atoms with Gasteiger partial charge in [-0.05, 0) is 32.4 Å². The second-order valence-corrected chi connectivity index (χ2v) is 9.46. The molecule has 0 aliphatic carbocycles. The molecular formula is C16H23NO4S2. The van der Waals surface area contributed by atoms with E-state index < -0.39 is 9.84 Å². The molecule has 128 valence electrons. The number of hydrogen-bond acceptors (Lipinski definition) is 5. The van der Waals surface area contributed by atoms with Crippen molar-refractivity contribution >= 4 is 27.5 Å². The smallest absolute Gasteiger partial charge is 0.233 e. The van der Waals surface area contributed by atoms with Crippen molar-refractivity contribution in [2.24, 2.45) is 0 Å². The van der Waals surface area contributed by atoms with E-state index in [-0.39, 0.29) is 28.7 Å². The number of amides is 1. The van der Waals surface area contributed by atoms with Crippen LogP contribution >= 0.6 is 11.8 Å². The van der Waals surface area contributed by atoms with E-state index in [9.17, 15) is 13.2 Å². The number of nitrogens with one attached hydrogen (secondary N) is 1. The van der Waals surface area contributed by atoms with Crippen molar-refractivity contribution in [3.8, 4) is 5.75 Å². The first-order valence-corrected chi connectivity index (χ1v) is 10.5. The molecule has 1 fully saturated rings. The fourth-order valence-electron chi connectivity index (χ4n) is 2.32. The quantitative estimate of drug-likeness (QED) is 0.754. The Labute approximate surface area is 142 Å². The van der Waals surface area contributed by atoms with Crippen LogP contribution in [0.25, 0.3) is 0 Å². The molecule has 1 amide bonds. The SMILES string of the molecule is Cc1ccc(OCCS[C@@H](C)C(=O)N[C@@H]2CCS(=O)(=O)C2)cc1. The number of aryl methyl sites for hydroxylation is 1. The highest BCUT2D eigenvalue weighted by molar-refractivity contribution is 8.00. The van der Waals surface area contributed by atoms with E-state index in [0.717, 1.165) is 5.75 Å². The van der Waals surface area contributed by atoms with Crippen LogP contribution in [0.1, 0.15) is 18.9 Å². The van der Waals surface area contributed by atoms with E-state index in [0.29, 0.717) is 18.8 Å². The van der Waals surface area contributed by atoms with Crippen LogP contribution in [0.15, 0.2) is 24.3 Å². The van der Waals surface area contributed by atoms with Crippen LogP contribution in [0.5, 0.6) is 5.75 Å². The molecule has 0 radical (unpaired) electrons. The summed E-state index contributed by atoms with van der Waals surface area (Å²) in [6, 6.07) is 7.61. The van der Waals surface area contributed by atoms with Crippen molar-refractivity contribution in [3.63, 3.8) is 0 Å². The molecule has 1 aromatic carbocycles. The zero-order chi connectivity index (χ0) is 16.9. The third-order valence-corrected chi connectivity index (χ3v) is 6.57. The molecule has 1 saturated heterocycles. The number of benzene rings is 1. The molecule has 0 unspecified atom stereocenters. The van der Waals surface area contributed by atoms with Crippen molar-refractivity contribution in [3.05, 3.63) is 29.8 Å². The zero-order valence-corrected chi connectivity index (χ0v) is 15.1. The van der Waals surface area contributed by atoms with Crippen LogP contribution in [0.3, 0.4) is 0 Å². The monoisotopic (exact) mass is 357 g/mol. The van der Waals surface area contributed by atoms with Gasteiger partial charge in [0.05, 0.1) is 23.4 Å². The fraction of sp³-hybridized carbons (Fsp3) is 0.562. The highest BCUT2D eigenvalue weighted by atomic mass is 32.2. The first kappa shape index (κ1) is 18.1. The van der Waals surface area contributed by atoms with Crippen LogP contribution in [-0.4, -0.2) is 49.5 Å². The average molecular weight is 357 g/mol. The van der Waals surface area contributed by atoms with Crippen molar-refractivity contribution < 1.29 is 17.9 Å². The first-order valence-electron chi connectivity index (χ1n) is 7.67. The predicted molar refractivity (Wildman–Crippen MR) is 93.8 cm³/mol. The molecule has 0 aromatic heterocycles. The largest absolute Gasteiger partial charge is 0.493 e. The van der Waals surface area contributed by atoms with Crippen molar-refractivity contribution in [2.75, 3.05) is 23.9 Å². The summed E-state index contributed by atoms with van der Waals surface area (Å²) in [6.45, 7) is 4.38. The lowest BCUT2D eigenvalue weighted by Crippen LogP contribution is -2.40. The highest BCUT2D eigenvalue weighted by Gasteiger charge is 2.29. The van der Waals surface area contributed by atoms with Gasteiger partial charge in [-0.1, -0.05) is 17.7 Å². The Kier molecular flexibility index (Phi) is 6.35. The summed E-state index contributed by atoms with van der Waals surface area (Å²) >= 11 is 1.50. The van der Waals surface area contributed by atoms with Gasteiger partial charge < -0.3 is 10.1 Å². The maximum Gasteiger partial charge on any atom is 0.233 e. The Morgan fingerprint density at radius 3 is 2.70 bits per heavy atom. The Morgan fingerprint density at radius 2 is 2.09 bits per heavy atom. The van der Waals surface area contributed by atoms with E-state index in [4.69, 9.17) is 4.74 Å². The van der Waals surface area contributed by atoms with Gasteiger partial charge in [0.2, 0.25) is 5.91 Å². The molecule has 0 saturated carbocycles. The molecule has 0 bridgehead atoms. The number of thioether (sulfide) groups is 1. The maximum absolute atomic E-state index is 12.0. The second kappa shape index (κ2) is 8.06. The number of ether oxygens (including phenoxy) is 1. The molecule has 1 heterocycles. The lowest BCUT2D eigenvalue weighted by Gasteiger charge is -2.15. The Hall–Kier alpha value is -1.21. The number of hydrogen-bond donors (Lipinski definition) is 1. The fourth-order valence-corrected chi connectivity index (χ4v) is 4.75. The molecule has 1 aromatic rings. The summed E-state index contributed by atoms with van der Waals surface area (Å²) in [5, 5.41) is 2.60. The van der Waals surface area contributed by atoms with Crippen LogP contribution in [-0.2, 0) is 14.6 Å². The van der Waals surface area contributed by atoms with Gasteiger partial charge in [0.15, 0.2) is 9.84 Å². The van der Waals surface area contributed by atoms with Crippen molar-refractivity contribution in [1.82, 2.24) is 5.32 Å². The standard InChI is InChI=1S/C16H23NO4S2/c1-12-3-5-15(6-4-12)21-8-9-22-13(2)16(18)17-14-7-10-23(19,20)11-14/h3-6,13-14H,7-11H2,1-2H3,(H,17,18)/t13-,14+/m0/s1. The van der Waals surface area contributed by atoms with Crippen LogP contribution in [0.2, 0.25) is 0 Å². The minimum absolute atomic E-state index is 0.0622. The van der Waals surface area contributed by atoms with Crippen molar-refractivity contribution in [1.29, 1.82) is 0 Å². The minimum atomic E-state index is -2.96. The second-order valence-electron chi connectivity index (χ2n) is 5.78. The van der Waals surface area contributed by atoms with Crippen LogP contribution in [0.4, 0.5) is 0 Å². The summed E-state index contributed by atoms with van der Waals surface area (Å²) in [6.07, 6.45) is 0.516. The van der Waals surface area contributed by atoms with Crippen LogP contribution < -0.4 is 10.1 Å². The summed E-state index contributed by atoms with van der Waals surface area (Å²) < 4.78 is 28.4. The van der Waals surface area contributed by atoms with Gasteiger partial charge in [0.25, 0.3) is 0 Å². The van der Waals surface area contributed by atoms with E-state index in [1.807, 2.05) is 38.1 Å². The maximum atomic E-state index is 12.0. The topological polar surface area (TPSA) is 72.5 Å². The first-order chi connectivity index (χ1) is 10.9. The summed E-state index contributed by atoms with van der Waals surface area (Å²) in [5.41, 5.74) is 1.19. The molecule has 1 aliphatic rings. The lowest BCUT2D eigenvalue weighted by atomic mass is 10.2. The Morgan fingerprint density at radius 1 is 1.39 bits per heavy atom. The Balaban J connectivity index is 1.65. The molecule has 7 heteroatoms. The van der Waals surface area contributed by atoms with Gasteiger partial charge in [-0.15, -0.1) is 11.8 Å². The number of sulfone groups is 1. The van der Waals surface area contributed by atoms with Crippen LogP contribution in [0, 0.1) is 6.92 Å². The Bertz CT molecular complexity index is 628. The molecule has 1 aliphatic heterocycles. The van der Waals surface area contributed by atoms with E-state index in [1.165, 1.54) is 17.3 Å². The van der Waals surface area contributed by atoms with Gasteiger partial charge in [-0.3, -0.25) is 4.79 Å². The summed E-state index contributed by atoms with van der Waals surface area (Å²) in [4.78, 5) is 12.0. The van der Waals surface area contributed by atoms with E-state index in [2.05, 4.69) is 5.32 Å². The third kappa shape index (κ3) is 6.06. The van der Waals surface area contributed by atoms with Gasteiger partial charge in [0.1, 0.15) is 5.75 Å². The highest BCUT2D eigenvalue weighted by Crippen LogP contribution is 2.16. The van der Waals surface area contributed by atoms with Gasteiger partial charge >= 0.3 is 0 Å². The molecule has 2 rings (SSSR count). The predicted octanol–water partition coefficient (Wildman–Crippen LogP) is 1.80. The molecule has 2 atom stereocenters. The van der Waals surface area contributed by atoms with Crippen molar-refractivity contribution in [2.45, 2.75) is 31.6 Å². The van der Waals surface area contributed by atoms with Gasteiger partial charge in [0, 0.05) is 11.8 Å². The molecular weight excluding hydrogens is 334 g/mol. The average Bonchev–Trinajstić information content (AvgIpc) is 2.84. The molecule has 0 spiro atoms. The number of carbonyl (C=O) groups is 1. The van der Waals surface area contributed by atoms with Gasteiger partial charge in [-0.25, -0.2) is 8.42 Å². The summed E-state index contributed by atoms with van der Waals surface area (Å²) in [5.74, 6) is 1.65. The minimum Gasteiger partial charge on any atom is -0.493 e. The number of carbonyl (C=O) groups excluding carboxylic acids is 1. The number of rotatable bonds is 7. The third-order valence-electron chi connectivity index (χ3n) is 3.69. The molecule has 5 nitrogen and oxygen atoms in total. The van der Waals surface area contributed by atoms with E-state index >= 15 is 0 Å². The zero-order valence-electron chi connectivity index (χ0n) is 13.4.